The van der Waals surface area contributed by atoms with Crippen molar-refractivity contribution in [1.82, 2.24) is 14.9 Å². The lowest BCUT2D eigenvalue weighted by molar-refractivity contribution is -0.0864. The Kier molecular flexibility index (Phi) is 3.07. The van der Waals surface area contributed by atoms with Crippen LogP contribution in [-0.2, 0) is 5.60 Å². The lowest BCUT2D eigenvalue weighted by Gasteiger charge is -2.45. The molecule has 1 fully saturated rings. The molecule has 0 spiro atoms. The highest BCUT2D eigenvalue weighted by Gasteiger charge is 2.45. The van der Waals surface area contributed by atoms with E-state index >= 15 is 0 Å². The minimum atomic E-state index is -1.01. The second kappa shape index (κ2) is 5.00. The van der Waals surface area contributed by atoms with Crippen LogP contribution in [0.15, 0.2) is 45.9 Å². The maximum atomic E-state index is 12.5. The van der Waals surface area contributed by atoms with Gasteiger partial charge in [-0.05, 0) is 34.5 Å². The van der Waals surface area contributed by atoms with E-state index in [1.54, 1.807) is 24.3 Å². The molecule has 1 aliphatic heterocycles. The number of aromatic amines is 1. The maximum Gasteiger partial charge on any atom is 0.289 e. The molecular formula is C16H13N3O3S. The average Bonchev–Trinajstić information content (AvgIpc) is 3.06. The first-order chi connectivity index (χ1) is 11.1. The molecule has 116 valence electrons. The van der Waals surface area contributed by atoms with Crippen LogP contribution in [0.1, 0.15) is 16.2 Å². The van der Waals surface area contributed by atoms with Crippen LogP contribution in [0.3, 0.4) is 0 Å². The Morgan fingerprint density at radius 1 is 1.30 bits per heavy atom. The van der Waals surface area contributed by atoms with E-state index in [1.807, 2.05) is 16.8 Å². The third-order valence-electron chi connectivity index (χ3n) is 4.07. The summed E-state index contributed by atoms with van der Waals surface area (Å²) in [5.41, 5.74) is -0.0559. The summed E-state index contributed by atoms with van der Waals surface area (Å²) in [5, 5.41) is 14.7. The molecule has 2 N–H and O–H groups in total. The quantitative estimate of drug-likeness (QED) is 0.743. The number of benzene rings is 1. The summed E-state index contributed by atoms with van der Waals surface area (Å²) in [4.78, 5) is 32.7. The zero-order valence-electron chi connectivity index (χ0n) is 12.0. The van der Waals surface area contributed by atoms with Crippen molar-refractivity contribution < 1.29 is 9.90 Å². The van der Waals surface area contributed by atoms with E-state index in [2.05, 4.69) is 9.97 Å². The fourth-order valence-corrected chi connectivity index (χ4v) is 3.53. The van der Waals surface area contributed by atoms with Crippen LogP contribution >= 0.6 is 11.3 Å². The number of amides is 1. The van der Waals surface area contributed by atoms with Gasteiger partial charge in [-0.1, -0.05) is 12.1 Å². The van der Waals surface area contributed by atoms with Gasteiger partial charge in [0.25, 0.3) is 11.5 Å². The fourth-order valence-electron chi connectivity index (χ4n) is 2.78. The van der Waals surface area contributed by atoms with Gasteiger partial charge >= 0.3 is 0 Å². The summed E-state index contributed by atoms with van der Waals surface area (Å²) >= 11 is 1.50. The summed E-state index contributed by atoms with van der Waals surface area (Å²) < 4.78 is 0. The fraction of sp³-hybridized carbons (Fsp3) is 0.188. The zero-order valence-corrected chi connectivity index (χ0v) is 12.8. The topological polar surface area (TPSA) is 86.3 Å². The number of H-pyrrole nitrogens is 1. The number of carbonyl (C=O) groups is 1. The number of thiophene rings is 1. The number of aliphatic hydroxyl groups is 1. The van der Waals surface area contributed by atoms with Crippen molar-refractivity contribution in [3.63, 3.8) is 0 Å². The third kappa shape index (κ3) is 2.25. The Bertz CT molecular complexity index is 943. The summed E-state index contributed by atoms with van der Waals surface area (Å²) in [5.74, 6) is -0.381. The van der Waals surface area contributed by atoms with E-state index in [0.29, 0.717) is 10.9 Å². The molecule has 1 saturated heterocycles. The number of β-amino-alcohol motifs (C(OH)–C–C–N with tert-alkyl or cyclic N) is 1. The Balaban J connectivity index is 1.60. The van der Waals surface area contributed by atoms with Gasteiger partial charge in [0.2, 0.25) is 0 Å². The number of carbonyl (C=O) groups excluding carboxylic acids is 1. The minimum absolute atomic E-state index is 0.000989. The van der Waals surface area contributed by atoms with Crippen molar-refractivity contribution in [2.24, 2.45) is 0 Å². The first kappa shape index (κ1) is 14.1. The predicted octanol–water partition coefficient (Wildman–Crippen LogP) is 1.33. The van der Waals surface area contributed by atoms with Crippen molar-refractivity contribution in [2.75, 3.05) is 13.1 Å². The first-order valence-electron chi connectivity index (χ1n) is 7.10. The monoisotopic (exact) mass is 327 g/mol. The van der Waals surface area contributed by atoms with Gasteiger partial charge in [-0.3, -0.25) is 9.59 Å². The molecule has 6 nitrogen and oxygen atoms in total. The second-order valence-corrected chi connectivity index (χ2v) is 6.42. The van der Waals surface area contributed by atoms with Crippen LogP contribution in [0.2, 0.25) is 0 Å². The third-order valence-corrected chi connectivity index (χ3v) is 4.75. The van der Waals surface area contributed by atoms with Crippen LogP contribution < -0.4 is 5.56 Å². The SMILES string of the molecule is O=C(c1nc2ccccc2c(=O)[nH]1)N1CC(O)(c2ccsc2)C1. The van der Waals surface area contributed by atoms with E-state index in [9.17, 15) is 14.7 Å². The largest absolute Gasteiger partial charge is 0.381 e. The number of hydrogen-bond donors (Lipinski definition) is 2. The van der Waals surface area contributed by atoms with E-state index in [4.69, 9.17) is 0 Å². The molecule has 23 heavy (non-hydrogen) atoms. The van der Waals surface area contributed by atoms with Crippen LogP contribution in [0.25, 0.3) is 10.9 Å². The smallest absolute Gasteiger partial charge is 0.289 e. The molecule has 1 amide bonds. The molecule has 0 bridgehead atoms. The number of rotatable bonds is 2. The highest BCUT2D eigenvalue weighted by molar-refractivity contribution is 7.08. The standard InChI is InChI=1S/C16H13N3O3S/c20-14-11-3-1-2-4-12(11)17-13(18-14)15(21)19-8-16(22,9-19)10-5-6-23-7-10/h1-7,22H,8-9H2,(H,17,18,20). The average molecular weight is 327 g/mol. The van der Waals surface area contributed by atoms with E-state index < -0.39 is 5.60 Å². The summed E-state index contributed by atoms with van der Waals surface area (Å²) in [6.45, 7) is 0.387. The van der Waals surface area contributed by atoms with Crippen LogP contribution in [0.5, 0.6) is 0 Å². The van der Waals surface area contributed by atoms with Gasteiger partial charge in [-0.15, -0.1) is 0 Å². The number of nitrogens with one attached hydrogen (secondary N) is 1. The van der Waals surface area contributed by atoms with Crippen LogP contribution in [-0.4, -0.2) is 39.0 Å². The van der Waals surface area contributed by atoms with Gasteiger partial charge < -0.3 is 15.0 Å². The predicted molar refractivity (Wildman–Crippen MR) is 86.5 cm³/mol. The summed E-state index contributed by atoms with van der Waals surface area (Å²) in [6, 6.07) is 8.72. The van der Waals surface area contributed by atoms with Gasteiger partial charge in [0.1, 0.15) is 5.60 Å². The number of nitrogens with zero attached hydrogens (tertiary/aromatic N) is 2. The summed E-state index contributed by atoms with van der Waals surface area (Å²) in [6.07, 6.45) is 0. The van der Waals surface area contributed by atoms with Gasteiger partial charge in [0.05, 0.1) is 24.0 Å². The molecule has 0 unspecified atom stereocenters. The minimum Gasteiger partial charge on any atom is -0.381 e. The first-order valence-corrected chi connectivity index (χ1v) is 8.04. The molecule has 0 aliphatic carbocycles. The van der Waals surface area contributed by atoms with Crippen molar-refractivity contribution in [1.29, 1.82) is 0 Å². The van der Waals surface area contributed by atoms with E-state index in [1.165, 1.54) is 16.2 Å². The van der Waals surface area contributed by atoms with Crippen molar-refractivity contribution in [3.05, 3.63) is 62.8 Å². The van der Waals surface area contributed by atoms with Gasteiger partial charge in [-0.25, -0.2) is 4.98 Å². The van der Waals surface area contributed by atoms with Gasteiger partial charge in [0.15, 0.2) is 5.82 Å². The van der Waals surface area contributed by atoms with E-state index in [-0.39, 0.29) is 30.4 Å². The maximum absolute atomic E-state index is 12.5. The van der Waals surface area contributed by atoms with Crippen LogP contribution in [0, 0.1) is 0 Å². The molecule has 3 heterocycles. The Hall–Kier alpha value is -2.51. The Morgan fingerprint density at radius 2 is 2.09 bits per heavy atom. The molecule has 0 saturated carbocycles. The number of likely N-dealkylation sites (tertiary alicyclic amines) is 1. The highest BCUT2D eigenvalue weighted by Crippen LogP contribution is 2.33. The zero-order chi connectivity index (χ0) is 16.0. The highest BCUT2D eigenvalue weighted by atomic mass is 32.1. The molecule has 3 aromatic rings. The molecule has 1 aromatic carbocycles. The summed E-state index contributed by atoms with van der Waals surface area (Å²) in [7, 11) is 0. The Labute approximate surface area is 135 Å². The van der Waals surface area contributed by atoms with Crippen molar-refractivity contribution >= 4 is 28.1 Å². The second-order valence-electron chi connectivity index (χ2n) is 5.64. The van der Waals surface area contributed by atoms with Gasteiger partial charge in [0, 0.05) is 0 Å². The lowest BCUT2D eigenvalue weighted by Crippen LogP contribution is -2.61. The molecule has 2 aromatic heterocycles. The van der Waals surface area contributed by atoms with Crippen molar-refractivity contribution in [3.8, 4) is 0 Å². The molecule has 0 atom stereocenters. The Morgan fingerprint density at radius 3 is 2.83 bits per heavy atom. The van der Waals surface area contributed by atoms with Crippen molar-refractivity contribution in [2.45, 2.75) is 5.60 Å². The normalized spacial score (nSPS) is 16.3. The molecule has 7 heteroatoms. The molecule has 0 radical (unpaired) electrons. The van der Waals surface area contributed by atoms with Gasteiger partial charge in [-0.2, -0.15) is 11.3 Å². The molecule has 4 rings (SSSR count). The lowest BCUT2D eigenvalue weighted by atomic mass is 9.88. The molecular weight excluding hydrogens is 314 g/mol. The number of para-hydroxylation sites is 1. The van der Waals surface area contributed by atoms with Crippen LogP contribution in [0.4, 0.5) is 0 Å². The number of fused-ring (bicyclic) bond motifs is 1. The number of aromatic nitrogens is 2. The number of hydrogen-bond acceptors (Lipinski definition) is 5. The van der Waals surface area contributed by atoms with E-state index in [0.717, 1.165) is 5.56 Å². The molecule has 1 aliphatic rings.